The van der Waals surface area contributed by atoms with Crippen molar-refractivity contribution in [3.63, 3.8) is 0 Å². The minimum Gasteiger partial charge on any atom is -0.352 e. The molecule has 0 aliphatic heterocycles. The molecule has 0 bridgehead atoms. The normalized spacial score (nSPS) is 22.0. The highest BCUT2D eigenvalue weighted by Crippen LogP contribution is 2.23. The van der Waals surface area contributed by atoms with Crippen molar-refractivity contribution < 1.29 is 9.59 Å². The molecule has 132 valence electrons. The molecule has 0 aromatic heterocycles. The van der Waals surface area contributed by atoms with Crippen molar-refractivity contribution >= 4 is 23.4 Å². The second-order valence-corrected chi connectivity index (χ2v) is 7.55. The van der Waals surface area contributed by atoms with Crippen molar-refractivity contribution in [1.82, 2.24) is 10.6 Å². The third kappa shape index (κ3) is 4.97. The van der Waals surface area contributed by atoms with Crippen LogP contribution in [0.2, 0.25) is 5.02 Å². The largest absolute Gasteiger partial charge is 0.352 e. The molecule has 24 heavy (non-hydrogen) atoms. The van der Waals surface area contributed by atoms with Crippen LogP contribution in [0.15, 0.2) is 24.3 Å². The van der Waals surface area contributed by atoms with Crippen LogP contribution in [-0.4, -0.2) is 23.9 Å². The highest BCUT2D eigenvalue weighted by molar-refractivity contribution is 6.33. The van der Waals surface area contributed by atoms with Gasteiger partial charge in [-0.3, -0.25) is 9.59 Å². The molecule has 0 heterocycles. The lowest BCUT2D eigenvalue weighted by Gasteiger charge is -2.29. The van der Waals surface area contributed by atoms with Gasteiger partial charge >= 0.3 is 0 Å². The van der Waals surface area contributed by atoms with E-state index in [4.69, 9.17) is 11.6 Å². The van der Waals surface area contributed by atoms with Gasteiger partial charge in [0.1, 0.15) is 6.04 Å². The molecule has 1 fully saturated rings. The minimum absolute atomic E-state index is 0.000970. The summed E-state index contributed by atoms with van der Waals surface area (Å²) in [5.74, 6) is 0.314. The van der Waals surface area contributed by atoms with Crippen LogP contribution in [0, 0.1) is 11.8 Å². The van der Waals surface area contributed by atoms with E-state index in [0.717, 1.165) is 31.6 Å². The summed E-state index contributed by atoms with van der Waals surface area (Å²) in [4.78, 5) is 25.1. The van der Waals surface area contributed by atoms with Gasteiger partial charge in [-0.2, -0.15) is 0 Å². The van der Waals surface area contributed by atoms with E-state index >= 15 is 0 Å². The number of carbonyl (C=O) groups is 2. The molecule has 4 nitrogen and oxygen atoms in total. The molecule has 2 amide bonds. The summed E-state index contributed by atoms with van der Waals surface area (Å²) in [5, 5.41) is 6.33. The van der Waals surface area contributed by atoms with E-state index in [1.807, 2.05) is 13.8 Å². The van der Waals surface area contributed by atoms with E-state index in [2.05, 4.69) is 17.6 Å². The van der Waals surface area contributed by atoms with Crippen LogP contribution in [0.1, 0.15) is 56.8 Å². The van der Waals surface area contributed by atoms with Gasteiger partial charge in [-0.05, 0) is 49.7 Å². The molecule has 0 unspecified atom stereocenters. The Morgan fingerprint density at radius 1 is 1.12 bits per heavy atom. The Labute approximate surface area is 149 Å². The van der Waals surface area contributed by atoms with Crippen LogP contribution < -0.4 is 10.6 Å². The van der Waals surface area contributed by atoms with Gasteiger partial charge < -0.3 is 10.6 Å². The fourth-order valence-corrected chi connectivity index (χ4v) is 3.32. The van der Waals surface area contributed by atoms with Gasteiger partial charge in [0.05, 0.1) is 10.6 Å². The van der Waals surface area contributed by atoms with Gasteiger partial charge in [0.15, 0.2) is 0 Å². The number of hydrogen-bond donors (Lipinski definition) is 2. The molecular formula is C19H27ClN2O2. The third-order valence-corrected chi connectivity index (χ3v) is 5.05. The number of amides is 2. The van der Waals surface area contributed by atoms with Gasteiger partial charge in [0.2, 0.25) is 5.91 Å². The molecule has 1 aliphatic carbocycles. The summed E-state index contributed by atoms with van der Waals surface area (Å²) in [6.07, 6.45) is 4.30. The first-order chi connectivity index (χ1) is 11.4. The van der Waals surface area contributed by atoms with Crippen LogP contribution in [0.4, 0.5) is 0 Å². The van der Waals surface area contributed by atoms with Crippen LogP contribution >= 0.6 is 11.6 Å². The van der Waals surface area contributed by atoms with Crippen LogP contribution in [-0.2, 0) is 4.79 Å². The van der Waals surface area contributed by atoms with Gasteiger partial charge in [-0.15, -0.1) is 0 Å². The molecule has 2 N–H and O–H groups in total. The van der Waals surface area contributed by atoms with Crippen molar-refractivity contribution in [2.45, 2.75) is 58.5 Å². The highest BCUT2D eigenvalue weighted by atomic mass is 35.5. The Bertz CT molecular complexity index is 580. The van der Waals surface area contributed by atoms with Crippen molar-refractivity contribution in [3.05, 3.63) is 34.9 Å². The maximum atomic E-state index is 12.6. The summed E-state index contributed by atoms with van der Waals surface area (Å²) < 4.78 is 0. The lowest BCUT2D eigenvalue weighted by Crippen LogP contribution is -2.52. The van der Waals surface area contributed by atoms with E-state index in [9.17, 15) is 9.59 Å². The summed E-state index contributed by atoms with van der Waals surface area (Å²) in [5.41, 5.74) is 0.393. The first kappa shape index (κ1) is 18.8. The van der Waals surface area contributed by atoms with Gasteiger partial charge in [0, 0.05) is 6.04 Å². The standard InChI is InChI=1S/C19H27ClN2O2/c1-12(2)17(19(24)21-14-10-8-13(3)9-11-14)22-18(23)15-6-4-5-7-16(15)20/h4-7,12-14,17H,8-11H2,1-3H3,(H,21,24)(H,22,23)/t13?,14?,17-/m1/s1. The Hall–Kier alpha value is -1.55. The first-order valence-corrected chi connectivity index (χ1v) is 9.12. The van der Waals surface area contributed by atoms with Gasteiger partial charge in [-0.25, -0.2) is 0 Å². The Kier molecular flexibility index (Phi) is 6.67. The van der Waals surface area contributed by atoms with Crippen molar-refractivity contribution in [1.29, 1.82) is 0 Å². The molecule has 1 saturated carbocycles. The van der Waals surface area contributed by atoms with Crippen LogP contribution in [0.3, 0.4) is 0 Å². The lowest BCUT2D eigenvalue weighted by atomic mass is 9.87. The summed E-state index contributed by atoms with van der Waals surface area (Å²) in [7, 11) is 0. The zero-order chi connectivity index (χ0) is 17.7. The fraction of sp³-hybridized carbons (Fsp3) is 0.579. The number of nitrogens with one attached hydrogen (secondary N) is 2. The summed E-state index contributed by atoms with van der Waals surface area (Å²) >= 11 is 6.07. The topological polar surface area (TPSA) is 58.2 Å². The van der Waals surface area contributed by atoms with Crippen LogP contribution in [0.5, 0.6) is 0 Å². The molecule has 1 aliphatic rings. The molecular weight excluding hydrogens is 324 g/mol. The van der Waals surface area contributed by atoms with Crippen molar-refractivity contribution in [3.8, 4) is 0 Å². The first-order valence-electron chi connectivity index (χ1n) is 8.74. The smallest absolute Gasteiger partial charge is 0.253 e. The van der Waals surface area contributed by atoms with E-state index in [0.29, 0.717) is 10.6 Å². The van der Waals surface area contributed by atoms with Gasteiger partial charge in [-0.1, -0.05) is 44.5 Å². The average molecular weight is 351 g/mol. The Morgan fingerprint density at radius 3 is 2.33 bits per heavy atom. The maximum absolute atomic E-state index is 12.6. The van der Waals surface area contributed by atoms with E-state index in [-0.39, 0.29) is 23.8 Å². The molecule has 1 aromatic rings. The molecule has 1 aromatic carbocycles. The molecule has 5 heteroatoms. The SMILES string of the molecule is CC1CCC(NC(=O)[C@H](NC(=O)c2ccccc2Cl)C(C)C)CC1. The van der Waals surface area contributed by atoms with E-state index < -0.39 is 6.04 Å². The quantitative estimate of drug-likeness (QED) is 0.848. The zero-order valence-electron chi connectivity index (χ0n) is 14.6. The third-order valence-electron chi connectivity index (χ3n) is 4.72. The van der Waals surface area contributed by atoms with E-state index in [1.54, 1.807) is 24.3 Å². The van der Waals surface area contributed by atoms with Crippen molar-refractivity contribution in [2.24, 2.45) is 11.8 Å². The molecule has 2 rings (SSSR count). The summed E-state index contributed by atoms with van der Waals surface area (Å²) in [6, 6.07) is 6.52. The maximum Gasteiger partial charge on any atom is 0.253 e. The fourth-order valence-electron chi connectivity index (χ4n) is 3.09. The van der Waals surface area contributed by atoms with E-state index in [1.165, 1.54) is 0 Å². The molecule has 0 saturated heterocycles. The monoisotopic (exact) mass is 350 g/mol. The predicted molar refractivity (Wildman–Crippen MR) is 97.1 cm³/mol. The highest BCUT2D eigenvalue weighted by Gasteiger charge is 2.28. The zero-order valence-corrected chi connectivity index (χ0v) is 15.4. The number of halogens is 1. The lowest BCUT2D eigenvalue weighted by molar-refractivity contribution is -0.124. The second-order valence-electron chi connectivity index (χ2n) is 7.14. The molecule has 0 radical (unpaired) electrons. The van der Waals surface area contributed by atoms with Crippen LogP contribution in [0.25, 0.3) is 0 Å². The number of carbonyl (C=O) groups excluding carboxylic acids is 2. The number of rotatable bonds is 5. The minimum atomic E-state index is -0.562. The van der Waals surface area contributed by atoms with Gasteiger partial charge in [0.25, 0.3) is 5.91 Å². The number of hydrogen-bond acceptors (Lipinski definition) is 2. The number of benzene rings is 1. The summed E-state index contributed by atoms with van der Waals surface area (Å²) in [6.45, 7) is 6.11. The molecule has 1 atom stereocenters. The second kappa shape index (κ2) is 8.52. The Morgan fingerprint density at radius 2 is 1.75 bits per heavy atom. The molecule has 0 spiro atoms. The predicted octanol–water partition coefficient (Wildman–Crippen LogP) is 3.79. The average Bonchev–Trinajstić information content (AvgIpc) is 2.54. The Balaban J connectivity index is 1.99. The van der Waals surface area contributed by atoms with Crippen molar-refractivity contribution in [2.75, 3.05) is 0 Å².